The molecule has 0 saturated carbocycles. The maximum Gasteiger partial charge on any atom is 0.0726 e. The number of hydrogen-bond acceptors (Lipinski definition) is 2. The topological polar surface area (TPSA) is 24.9 Å². The standard InChI is InChI=1S/C19H28N2/c1-7-10-20-17-12-18(19(4,5)6)21-16-9-8-14(13(2)3)11-15(16)17/h8-9,11-13H,7,10H2,1-6H3,(H,20,21). The van der Waals surface area contributed by atoms with Gasteiger partial charge in [0.2, 0.25) is 0 Å². The van der Waals surface area contributed by atoms with Crippen LogP contribution >= 0.6 is 0 Å². The zero-order valence-corrected chi connectivity index (χ0v) is 14.2. The highest BCUT2D eigenvalue weighted by atomic mass is 14.9. The largest absolute Gasteiger partial charge is 0.384 e. The number of rotatable bonds is 4. The van der Waals surface area contributed by atoms with Crippen molar-refractivity contribution >= 4 is 16.6 Å². The summed E-state index contributed by atoms with van der Waals surface area (Å²) in [4.78, 5) is 4.88. The van der Waals surface area contributed by atoms with E-state index in [1.54, 1.807) is 0 Å². The molecule has 1 aromatic heterocycles. The van der Waals surface area contributed by atoms with Crippen LogP contribution in [0, 0.1) is 0 Å². The van der Waals surface area contributed by atoms with Crippen molar-refractivity contribution in [2.45, 2.75) is 59.3 Å². The molecule has 0 radical (unpaired) electrons. The van der Waals surface area contributed by atoms with E-state index >= 15 is 0 Å². The molecule has 0 aliphatic carbocycles. The van der Waals surface area contributed by atoms with Crippen LogP contribution in [-0.2, 0) is 5.41 Å². The van der Waals surface area contributed by atoms with Gasteiger partial charge in [-0.05, 0) is 36.1 Å². The summed E-state index contributed by atoms with van der Waals surface area (Å²) in [5.41, 5.74) is 4.88. The monoisotopic (exact) mass is 284 g/mol. The summed E-state index contributed by atoms with van der Waals surface area (Å²) < 4.78 is 0. The fourth-order valence-corrected chi connectivity index (χ4v) is 2.39. The van der Waals surface area contributed by atoms with Gasteiger partial charge in [-0.1, -0.05) is 47.6 Å². The number of nitrogens with one attached hydrogen (secondary N) is 1. The lowest BCUT2D eigenvalue weighted by atomic mass is 9.90. The van der Waals surface area contributed by atoms with E-state index in [2.05, 4.69) is 71.1 Å². The van der Waals surface area contributed by atoms with Gasteiger partial charge in [0.15, 0.2) is 0 Å². The molecule has 0 spiro atoms. The lowest BCUT2D eigenvalue weighted by Crippen LogP contribution is -2.14. The average Bonchev–Trinajstić information content (AvgIpc) is 2.42. The summed E-state index contributed by atoms with van der Waals surface area (Å²) in [6.07, 6.45) is 1.12. The van der Waals surface area contributed by atoms with Gasteiger partial charge in [0.1, 0.15) is 0 Å². The van der Waals surface area contributed by atoms with Gasteiger partial charge in [0.05, 0.1) is 5.52 Å². The van der Waals surface area contributed by atoms with Gasteiger partial charge in [-0.3, -0.25) is 4.98 Å². The molecule has 0 unspecified atom stereocenters. The molecule has 114 valence electrons. The molecule has 2 rings (SSSR count). The smallest absolute Gasteiger partial charge is 0.0726 e. The third-order valence-electron chi connectivity index (χ3n) is 3.83. The molecule has 0 saturated heterocycles. The minimum absolute atomic E-state index is 0.0630. The predicted octanol–water partition coefficient (Wildman–Crippen LogP) is 5.48. The molecule has 2 nitrogen and oxygen atoms in total. The zero-order chi connectivity index (χ0) is 15.6. The lowest BCUT2D eigenvalue weighted by Gasteiger charge is -2.21. The minimum Gasteiger partial charge on any atom is -0.384 e. The SMILES string of the molecule is CCCNc1cc(C(C)(C)C)nc2ccc(C(C)C)cc12. The second-order valence-electron chi connectivity index (χ2n) is 7.16. The summed E-state index contributed by atoms with van der Waals surface area (Å²) in [6, 6.07) is 8.88. The Morgan fingerprint density at radius 2 is 1.86 bits per heavy atom. The Balaban J connectivity index is 2.62. The van der Waals surface area contributed by atoms with Crippen LogP contribution in [0.5, 0.6) is 0 Å². The number of aromatic nitrogens is 1. The summed E-state index contributed by atoms with van der Waals surface area (Å²) >= 11 is 0. The van der Waals surface area contributed by atoms with Crippen molar-refractivity contribution in [3.8, 4) is 0 Å². The van der Waals surface area contributed by atoms with E-state index in [1.807, 2.05) is 0 Å². The van der Waals surface area contributed by atoms with Gasteiger partial charge in [0.25, 0.3) is 0 Å². The van der Waals surface area contributed by atoms with Crippen LogP contribution in [0.1, 0.15) is 65.1 Å². The Bertz CT molecular complexity index is 621. The van der Waals surface area contributed by atoms with Crippen LogP contribution in [-0.4, -0.2) is 11.5 Å². The van der Waals surface area contributed by atoms with Crippen LogP contribution in [0.15, 0.2) is 24.3 Å². The molecule has 0 aliphatic heterocycles. The van der Waals surface area contributed by atoms with Gasteiger partial charge in [-0.15, -0.1) is 0 Å². The van der Waals surface area contributed by atoms with Crippen molar-refractivity contribution in [3.63, 3.8) is 0 Å². The first kappa shape index (κ1) is 15.8. The molecular weight excluding hydrogens is 256 g/mol. The Morgan fingerprint density at radius 3 is 2.43 bits per heavy atom. The number of anilines is 1. The molecule has 0 bridgehead atoms. The molecule has 21 heavy (non-hydrogen) atoms. The van der Waals surface area contributed by atoms with Gasteiger partial charge in [0, 0.05) is 28.7 Å². The Hall–Kier alpha value is -1.57. The van der Waals surface area contributed by atoms with Crippen molar-refractivity contribution in [3.05, 3.63) is 35.5 Å². The normalized spacial score (nSPS) is 12.1. The first-order valence-corrected chi connectivity index (χ1v) is 8.02. The zero-order valence-electron chi connectivity index (χ0n) is 14.2. The minimum atomic E-state index is 0.0630. The van der Waals surface area contributed by atoms with Gasteiger partial charge in [-0.2, -0.15) is 0 Å². The number of hydrogen-bond donors (Lipinski definition) is 1. The van der Waals surface area contributed by atoms with Crippen LogP contribution < -0.4 is 5.32 Å². The number of nitrogens with zero attached hydrogens (tertiary/aromatic N) is 1. The maximum absolute atomic E-state index is 4.88. The van der Waals surface area contributed by atoms with E-state index in [4.69, 9.17) is 4.98 Å². The van der Waals surface area contributed by atoms with Crippen molar-refractivity contribution < 1.29 is 0 Å². The number of fused-ring (bicyclic) bond motifs is 1. The molecule has 0 amide bonds. The number of benzene rings is 1. The van der Waals surface area contributed by atoms with Gasteiger partial charge < -0.3 is 5.32 Å². The molecule has 0 atom stereocenters. The van der Waals surface area contributed by atoms with E-state index in [0.29, 0.717) is 5.92 Å². The number of pyridine rings is 1. The molecule has 2 heteroatoms. The third-order valence-corrected chi connectivity index (χ3v) is 3.83. The fraction of sp³-hybridized carbons (Fsp3) is 0.526. The molecule has 1 N–H and O–H groups in total. The van der Waals surface area contributed by atoms with E-state index in [-0.39, 0.29) is 5.41 Å². The van der Waals surface area contributed by atoms with E-state index in [1.165, 1.54) is 16.6 Å². The maximum atomic E-state index is 4.88. The molecule has 1 heterocycles. The second-order valence-corrected chi connectivity index (χ2v) is 7.16. The van der Waals surface area contributed by atoms with E-state index in [0.717, 1.165) is 24.2 Å². The van der Waals surface area contributed by atoms with Crippen molar-refractivity contribution in [1.82, 2.24) is 4.98 Å². The van der Waals surface area contributed by atoms with Crippen LogP contribution in [0.2, 0.25) is 0 Å². The Kier molecular flexibility index (Phi) is 4.55. The average molecular weight is 284 g/mol. The van der Waals surface area contributed by atoms with Crippen LogP contribution in [0.25, 0.3) is 10.9 Å². The molecular formula is C19H28N2. The summed E-state index contributed by atoms with van der Waals surface area (Å²) in [7, 11) is 0. The summed E-state index contributed by atoms with van der Waals surface area (Å²) in [6.45, 7) is 14.3. The fourth-order valence-electron chi connectivity index (χ4n) is 2.39. The quantitative estimate of drug-likeness (QED) is 0.804. The first-order chi connectivity index (χ1) is 9.82. The lowest BCUT2D eigenvalue weighted by molar-refractivity contribution is 0.572. The van der Waals surface area contributed by atoms with E-state index in [9.17, 15) is 0 Å². The Labute approximate surface area is 129 Å². The van der Waals surface area contributed by atoms with Crippen molar-refractivity contribution in [1.29, 1.82) is 0 Å². The summed E-state index contributed by atoms with van der Waals surface area (Å²) in [5, 5.41) is 4.81. The molecule has 0 fully saturated rings. The van der Waals surface area contributed by atoms with Crippen molar-refractivity contribution in [2.75, 3.05) is 11.9 Å². The third kappa shape index (κ3) is 3.55. The van der Waals surface area contributed by atoms with Crippen LogP contribution in [0.3, 0.4) is 0 Å². The molecule has 0 aliphatic rings. The highest BCUT2D eigenvalue weighted by molar-refractivity contribution is 5.92. The summed E-state index contributed by atoms with van der Waals surface area (Å²) in [5.74, 6) is 0.538. The second kappa shape index (κ2) is 6.05. The predicted molar refractivity (Wildman–Crippen MR) is 93.3 cm³/mol. The highest BCUT2D eigenvalue weighted by Crippen LogP contribution is 2.31. The van der Waals surface area contributed by atoms with E-state index < -0.39 is 0 Å². The molecule has 2 aromatic rings. The highest BCUT2D eigenvalue weighted by Gasteiger charge is 2.18. The first-order valence-electron chi connectivity index (χ1n) is 8.02. The molecule has 1 aromatic carbocycles. The Morgan fingerprint density at radius 1 is 1.14 bits per heavy atom. The van der Waals surface area contributed by atoms with Crippen molar-refractivity contribution in [2.24, 2.45) is 0 Å². The van der Waals surface area contributed by atoms with Crippen LogP contribution in [0.4, 0.5) is 5.69 Å². The van der Waals surface area contributed by atoms with Gasteiger partial charge >= 0.3 is 0 Å². The van der Waals surface area contributed by atoms with Gasteiger partial charge in [-0.25, -0.2) is 0 Å².